The molecule has 1 N–H and O–H groups in total. The molecule has 0 amide bonds. The van der Waals surface area contributed by atoms with Gasteiger partial charge in [-0.25, -0.2) is 0 Å². The van der Waals surface area contributed by atoms with E-state index in [1.807, 2.05) is 6.07 Å². The lowest BCUT2D eigenvalue weighted by atomic mass is 9.92. The molecule has 1 heterocycles. The molecule has 2 rings (SSSR count). The monoisotopic (exact) mass is 290 g/mol. The van der Waals surface area contributed by atoms with E-state index in [-0.39, 0.29) is 5.54 Å². The second kappa shape index (κ2) is 7.28. The SMILES string of the molecule is CCC1CNC(C)(CC)CN1CCc1ccccc1OC. The third kappa shape index (κ3) is 3.98. The summed E-state index contributed by atoms with van der Waals surface area (Å²) < 4.78 is 5.47. The van der Waals surface area contributed by atoms with E-state index in [1.54, 1.807) is 7.11 Å². The van der Waals surface area contributed by atoms with Crippen molar-refractivity contribution in [3.8, 4) is 5.75 Å². The van der Waals surface area contributed by atoms with Crippen molar-refractivity contribution < 1.29 is 4.74 Å². The van der Waals surface area contributed by atoms with Gasteiger partial charge < -0.3 is 10.1 Å². The molecule has 21 heavy (non-hydrogen) atoms. The lowest BCUT2D eigenvalue weighted by molar-refractivity contribution is 0.0830. The summed E-state index contributed by atoms with van der Waals surface area (Å²) in [6, 6.07) is 9.03. The van der Waals surface area contributed by atoms with Crippen LogP contribution in [-0.2, 0) is 6.42 Å². The Kier molecular flexibility index (Phi) is 5.65. The van der Waals surface area contributed by atoms with Gasteiger partial charge in [-0.3, -0.25) is 4.90 Å². The summed E-state index contributed by atoms with van der Waals surface area (Å²) in [5.74, 6) is 1.01. The third-order valence-corrected chi connectivity index (χ3v) is 4.95. The number of ether oxygens (including phenoxy) is 1. The Balaban J connectivity index is 2.02. The second-order valence-electron chi connectivity index (χ2n) is 6.39. The van der Waals surface area contributed by atoms with Gasteiger partial charge in [0, 0.05) is 31.2 Å². The van der Waals surface area contributed by atoms with Crippen LogP contribution in [0.4, 0.5) is 0 Å². The molecule has 0 radical (unpaired) electrons. The number of nitrogens with one attached hydrogen (secondary N) is 1. The lowest BCUT2D eigenvalue weighted by Gasteiger charge is -2.46. The van der Waals surface area contributed by atoms with Crippen molar-refractivity contribution >= 4 is 0 Å². The fourth-order valence-electron chi connectivity index (χ4n) is 3.20. The van der Waals surface area contributed by atoms with Gasteiger partial charge >= 0.3 is 0 Å². The summed E-state index contributed by atoms with van der Waals surface area (Å²) in [4.78, 5) is 2.66. The standard InChI is InChI=1S/C18H30N2O/c1-5-16-13-19-18(3,6-2)14-20(16)12-11-15-9-7-8-10-17(15)21-4/h7-10,16,19H,5-6,11-14H2,1-4H3. The van der Waals surface area contributed by atoms with Gasteiger partial charge in [0.25, 0.3) is 0 Å². The molecular formula is C18H30N2O. The molecular weight excluding hydrogens is 260 g/mol. The van der Waals surface area contributed by atoms with Crippen molar-refractivity contribution in [3.05, 3.63) is 29.8 Å². The fourth-order valence-corrected chi connectivity index (χ4v) is 3.20. The van der Waals surface area contributed by atoms with E-state index in [1.165, 1.54) is 18.4 Å². The molecule has 1 fully saturated rings. The highest BCUT2D eigenvalue weighted by molar-refractivity contribution is 5.33. The molecule has 118 valence electrons. The highest BCUT2D eigenvalue weighted by Crippen LogP contribution is 2.23. The molecule has 1 aromatic carbocycles. The van der Waals surface area contributed by atoms with Crippen LogP contribution in [0.15, 0.2) is 24.3 Å². The summed E-state index contributed by atoms with van der Waals surface area (Å²) in [6.45, 7) is 10.3. The Morgan fingerprint density at radius 1 is 1.33 bits per heavy atom. The quantitative estimate of drug-likeness (QED) is 0.871. The van der Waals surface area contributed by atoms with Crippen molar-refractivity contribution in [3.63, 3.8) is 0 Å². The fraction of sp³-hybridized carbons (Fsp3) is 0.667. The number of hydrogen-bond donors (Lipinski definition) is 1. The average Bonchev–Trinajstić information content (AvgIpc) is 2.53. The molecule has 2 unspecified atom stereocenters. The van der Waals surface area contributed by atoms with E-state index >= 15 is 0 Å². The topological polar surface area (TPSA) is 24.5 Å². The molecule has 3 nitrogen and oxygen atoms in total. The molecule has 1 aromatic rings. The van der Waals surface area contributed by atoms with Gasteiger partial charge in [0.05, 0.1) is 7.11 Å². The van der Waals surface area contributed by atoms with E-state index < -0.39 is 0 Å². The predicted octanol–water partition coefficient (Wildman–Crippen LogP) is 3.09. The van der Waals surface area contributed by atoms with Gasteiger partial charge in [-0.15, -0.1) is 0 Å². The lowest BCUT2D eigenvalue weighted by Crippen LogP contribution is -2.62. The summed E-state index contributed by atoms with van der Waals surface area (Å²) >= 11 is 0. The van der Waals surface area contributed by atoms with Gasteiger partial charge in [-0.2, -0.15) is 0 Å². The molecule has 0 bridgehead atoms. The molecule has 1 aliphatic heterocycles. The van der Waals surface area contributed by atoms with Crippen LogP contribution < -0.4 is 10.1 Å². The minimum atomic E-state index is 0.256. The van der Waals surface area contributed by atoms with Crippen molar-refractivity contribution in [1.29, 1.82) is 0 Å². The Morgan fingerprint density at radius 2 is 2.10 bits per heavy atom. The van der Waals surface area contributed by atoms with Crippen LogP contribution >= 0.6 is 0 Å². The summed E-state index contributed by atoms with van der Waals surface area (Å²) in [6.07, 6.45) is 3.44. The van der Waals surface area contributed by atoms with Crippen LogP contribution in [-0.4, -0.2) is 43.2 Å². The Bertz CT molecular complexity index is 449. The highest BCUT2D eigenvalue weighted by Gasteiger charge is 2.33. The van der Waals surface area contributed by atoms with Crippen LogP contribution in [0.3, 0.4) is 0 Å². The van der Waals surface area contributed by atoms with Crippen LogP contribution in [0.1, 0.15) is 39.2 Å². The molecule has 0 aromatic heterocycles. The van der Waals surface area contributed by atoms with E-state index in [0.29, 0.717) is 6.04 Å². The first-order valence-corrected chi connectivity index (χ1v) is 8.23. The van der Waals surface area contributed by atoms with Crippen LogP contribution in [0.5, 0.6) is 5.75 Å². The van der Waals surface area contributed by atoms with Crippen LogP contribution in [0.2, 0.25) is 0 Å². The number of benzene rings is 1. The van der Waals surface area contributed by atoms with Crippen molar-refractivity contribution in [1.82, 2.24) is 10.2 Å². The highest BCUT2D eigenvalue weighted by atomic mass is 16.5. The van der Waals surface area contributed by atoms with E-state index in [2.05, 4.69) is 49.2 Å². The van der Waals surface area contributed by atoms with Crippen molar-refractivity contribution in [2.24, 2.45) is 0 Å². The van der Waals surface area contributed by atoms with Gasteiger partial charge in [0.1, 0.15) is 5.75 Å². The number of para-hydroxylation sites is 1. The van der Waals surface area contributed by atoms with E-state index in [9.17, 15) is 0 Å². The first kappa shape index (κ1) is 16.3. The first-order chi connectivity index (χ1) is 10.1. The number of hydrogen-bond acceptors (Lipinski definition) is 3. The Morgan fingerprint density at radius 3 is 2.76 bits per heavy atom. The molecule has 1 saturated heterocycles. The molecule has 3 heteroatoms. The Hall–Kier alpha value is -1.06. The summed E-state index contributed by atoms with van der Waals surface area (Å²) in [7, 11) is 1.76. The maximum atomic E-state index is 5.47. The molecule has 2 atom stereocenters. The van der Waals surface area contributed by atoms with Gasteiger partial charge in [0.15, 0.2) is 0 Å². The minimum Gasteiger partial charge on any atom is -0.496 e. The smallest absolute Gasteiger partial charge is 0.122 e. The summed E-state index contributed by atoms with van der Waals surface area (Å²) in [5, 5.41) is 3.73. The zero-order valence-corrected chi connectivity index (χ0v) is 14.0. The van der Waals surface area contributed by atoms with Gasteiger partial charge in [-0.1, -0.05) is 32.0 Å². The van der Waals surface area contributed by atoms with E-state index in [4.69, 9.17) is 4.74 Å². The minimum absolute atomic E-state index is 0.256. The molecule has 0 saturated carbocycles. The largest absolute Gasteiger partial charge is 0.496 e. The first-order valence-electron chi connectivity index (χ1n) is 8.23. The normalized spacial score (nSPS) is 26.8. The molecule has 1 aliphatic rings. The molecule has 0 aliphatic carbocycles. The zero-order valence-electron chi connectivity index (χ0n) is 14.0. The second-order valence-corrected chi connectivity index (χ2v) is 6.39. The van der Waals surface area contributed by atoms with Crippen molar-refractivity contribution in [2.75, 3.05) is 26.7 Å². The third-order valence-electron chi connectivity index (χ3n) is 4.95. The van der Waals surface area contributed by atoms with E-state index in [0.717, 1.165) is 31.8 Å². The molecule has 0 spiro atoms. The maximum Gasteiger partial charge on any atom is 0.122 e. The Labute approximate surface area is 129 Å². The zero-order chi connectivity index (χ0) is 15.3. The van der Waals surface area contributed by atoms with Crippen molar-refractivity contribution in [2.45, 2.75) is 51.6 Å². The maximum absolute atomic E-state index is 5.47. The van der Waals surface area contributed by atoms with Crippen LogP contribution in [0, 0.1) is 0 Å². The van der Waals surface area contributed by atoms with Gasteiger partial charge in [-0.05, 0) is 37.8 Å². The van der Waals surface area contributed by atoms with Crippen LogP contribution in [0.25, 0.3) is 0 Å². The number of rotatable bonds is 6. The number of nitrogens with zero attached hydrogens (tertiary/aromatic N) is 1. The number of piperazine rings is 1. The average molecular weight is 290 g/mol. The van der Waals surface area contributed by atoms with Gasteiger partial charge in [0.2, 0.25) is 0 Å². The summed E-state index contributed by atoms with van der Waals surface area (Å²) in [5.41, 5.74) is 1.57. The predicted molar refractivity (Wildman–Crippen MR) is 89.0 cm³/mol. The number of methoxy groups -OCH3 is 1.